The van der Waals surface area contributed by atoms with Gasteiger partial charge in [-0.25, -0.2) is 0 Å². The van der Waals surface area contributed by atoms with E-state index in [-0.39, 0.29) is 18.5 Å². The molecule has 2 atom stereocenters. The number of esters is 1. The lowest BCUT2D eigenvalue weighted by atomic mass is 10.0. The smallest absolute Gasteiger partial charge is 0.305 e. The van der Waals surface area contributed by atoms with Gasteiger partial charge in [0.25, 0.3) is 0 Å². The van der Waals surface area contributed by atoms with Gasteiger partial charge in [-0.1, -0.05) is 309 Å². The third kappa shape index (κ3) is 55.9. The number of aliphatic hydroxyl groups is 2. The second kappa shape index (κ2) is 60.2. The second-order valence-corrected chi connectivity index (χ2v) is 22.1. The highest BCUT2D eigenvalue weighted by molar-refractivity contribution is 5.76. The molecule has 0 aromatic heterocycles. The first-order valence-corrected chi connectivity index (χ1v) is 31.9. The maximum absolute atomic E-state index is 12.5. The largest absolute Gasteiger partial charge is 0.466 e. The molecule has 3 N–H and O–H groups in total. The van der Waals surface area contributed by atoms with Crippen LogP contribution in [0.2, 0.25) is 0 Å². The van der Waals surface area contributed by atoms with E-state index in [1.54, 1.807) is 0 Å². The van der Waals surface area contributed by atoms with Gasteiger partial charge in [0.15, 0.2) is 0 Å². The minimum atomic E-state index is -0.664. The van der Waals surface area contributed by atoms with E-state index in [9.17, 15) is 19.8 Å². The van der Waals surface area contributed by atoms with Gasteiger partial charge in [0, 0.05) is 12.8 Å². The highest BCUT2D eigenvalue weighted by Crippen LogP contribution is 2.18. The fourth-order valence-electron chi connectivity index (χ4n) is 10.2. The number of allylic oxidation sites excluding steroid dienone is 2. The molecule has 70 heavy (non-hydrogen) atoms. The lowest BCUT2D eigenvalue weighted by Gasteiger charge is -2.22. The summed E-state index contributed by atoms with van der Waals surface area (Å²) in [6, 6.07) is -0.541. The molecule has 0 bridgehead atoms. The summed E-state index contributed by atoms with van der Waals surface area (Å²) in [5, 5.41) is 23.3. The topological polar surface area (TPSA) is 95.9 Å². The number of unbranched alkanes of at least 4 members (excludes halogenated alkanes) is 47. The number of rotatable bonds is 60. The molecule has 0 heterocycles. The Balaban J connectivity index is 3.36. The molecule has 0 saturated heterocycles. The van der Waals surface area contributed by atoms with Crippen LogP contribution in [0.15, 0.2) is 12.2 Å². The second-order valence-electron chi connectivity index (χ2n) is 22.1. The number of hydrogen-bond acceptors (Lipinski definition) is 5. The van der Waals surface area contributed by atoms with Crippen LogP contribution in [0, 0.1) is 0 Å². The number of carbonyl (C=O) groups excluding carboxylic acids is 2. The highest BCUT2D eigenvalue weighted by Gasteiger charge is 2.20. The number of aliphatic hydroxyl groups excluding tert-OH is 2. The van der Waals surface area contributed by atoms with E-state index in [1.165, 1.54) is 283 Å². The van der Waals surface area contributed by atoms with Gasteiger partial charge >= 0.3 is 5.97 Å². The van der Waals surface area contributed by atoms with E-state index in [1.807, 2.05) is 0 Å². The molecule has 0 radical (unpaired) electrons. The molecule has 0 aromatic rings. The van der Waals surface area contributed by atoms with E-state index in [0.717, 1.165) is 44.9 Å². The Morgan fingerprint density at radius 2 is 0.671 bits per heavy atom. The van der Waals surface area contributed by atoms with Gasteiger partial charge in [-0.15, -0.1) is 0 Å². The zero-order chi connectivity index (χ0) is 50.7. The van der Waals surface area contributed by atoms with Gasteiger partial charge in [0.05, 0.1) is 25.4 Å². The zero-order valence-electron chi connectivity index (χ0n) is 47.5. The number of amides is 1. The van der Waals surface area contributed by atoms with Crippen molar-refractivity contribution in [2.45, 2.75) is 373 Å². The van der Waals surface area contributed by atoms with Crippen molar-refractivity contribution in [1.82, 2.24) is 5.32 Å². The van der Waals surface area contributed by atoms with Crippen molar-refractivity contribution in [2.24, 2.45) is 0 Å². The van der Waals surface area contributed by atoms with E-state index < -0.39 is 12.1 Å². The van der Waals surface area contributed by atoms with Crippen LogP contribution in [0.5, 0.6) is 0 Å². The van der Waals surface area contributed by atoms with Crippen LogP contribution in [-0.2, 0) is 14.3 Å². The first-order valence-electron chi connectivity index (χ1n) is 31.9. The molecular formula is C64H125NO5. The Morgan fingerprint density at radius 1 is 0.386 bits per heavy atom. The molecule has 6 heteroatoms. The molecule has 0 aliphatic heterocycles. The molecule has 0 saturated carbocycles. The maximum Gasteiger partial charge on any atom is 0.305 e. The Morgan fingerprint density at radius 3 is 1.01 bits per heavy atom. The van der Waals surface area contributed by atoms with Gasteiger partial charge in [0.1, 0.15) is 0 Å². The number of carbonyl (C=O) groups is 2. The first-order chi connectivity index (χ1) is 34.5. The fourth-order valence-corrected chi connectivity index (χ4v) is 10.2. The van der Waals surface area contributed by atoms with Crippen molar-refractivity contribution in [3.8, 4) is 0 Å². The molecule has 0 rings (SSSR count). The summed E-state index contributed by atoms with van der Waals surface area (Å²) in [6.45, 7) is 4.97. The van der Waals surface area contributed by atoms with Gasteiger partial charge in [-0.05, 0) is 51.4 Å². The van der Waals surface area contributed by atoms with Crippen LogP contribution < -0.4 is 5.32 Å². The van der Waals surface area contributed by atoms with E-state index >= 15 is 0 Å². The van der Waals surface area contributed by atoms with Crippen molar-refractivity contribution in [2.75, 3.05) is 13.2 Å². The zero-order valence-corrected chi connectivity index (χ0v) is 47.5. The lowest BCUT2D eigenvalue weighted by Crippen LogP contribution is -2.45. The van der Waals surface area contributed by atoms with Crippen LogP contribution in [0.1, 0.15) is 361 Å². The molecule has 6 nitrogen and oxygen atoms in total. The summed E-state index contributed by atoms with van der Waals surface area (Å²) in [4.78, 5) is 24.6. The van der Waals surface area contributed by atoms with Crippen LogP contribution in [0.3, 0.4) is 0 Å². The van der Waals surface area contributed by atoms with Crippen molar-refractivity contribution in [3.63, 3.8) is 0 Å². The predicted octanol–water partition coefficient (Wildman–Crippen LogP) is 20.0. The molecule has 2 unspecified atom stereocenters. The Kier molecular flexibility index (Phi) is 59.0. The number of nitrogens with one attached hydrogen (secondary N) is 1. The summed E-state index contributed by atoms with van der Waals surface area (Å²) in [5.41, 5.74) is 0. The monoisotopic (exact) mass is 988 g/mol. The van der Waals surface area contributed by atoms with Crippen molar-refractivity contribution < 1.29 is 24.5 Å². The third-order valence-corrected chi connectivity index (χ3v) is 15.1. The molecular weight excluding hydrogens is 863 g/mol. The van der Waals surface area contributed by atoms with Gasteiger partial charge in [0.2, 0.25) is 5.91 Å². The highest BCUT2D eigenvalue weighted by atomic mass is 16.5. The van der Waals surface area contributed by atoms with Gasteiger partial charge in [-0.2, -0.15) is 0 Å². The quantitative estimate of drug-likeness (QED) is 0.0321. The SMILES string of the molecule is CCCCCCCCC/C=C\CCCCCCCCCC(=O)OCCCCCCCCCCCCCCCCCCCCCCCC(=O)NC(CO)C(O)CCCCCCCCCCCCCCCC. The third-order valence-electron chi connectivity index (χ3n) is 15.1. The summed E-state index contributed by atoms with van der Waals surface area (Å²) in [7, 11) is 0. The Bertz CT molecular complexity index is 1050. The molecule has 0 aliphatic carbocycles. The predicted molar refractivity (Wildman–Crippen MR) is 306 cm³/mol. The van der Waals surface area contributed by atoms with E-state index in [4.69, 9.17) is 4.74 Å². The molecule has 0 spiro atoms. The average Bonchev–Trinajstić information content (AvgIpc) is 3.36. The molecule has 1 amide bonds. The maximum atomic E-state index is 12.5. The van der Waals surface area contributed by atoms with E-state index in [0.29, 0.717) is 25.9 Å². The summed E-state index contributed by atoms with van der Waals surface area (Å²) < 4.78 is 5.50. The number of hydrogen-bond donors (Lipinski definition) is 3. The summed E-state index contributed by atoms with van der Waals surface area (Å²) >= 11 is 0. The normalized spacial score (nSPS) is 12.6. The van der Waals surface area contributed by atoms with Crippen molar-refractivity contribution in [3.05, 3.63) is 12.2 Å². The van der Waals surface area contributed by atoms with E-state index in [2.05, 4.69) is 31.3 Å². The van der Waals surface area contributed by atoms with Crippen molar-refractivity contribution in [1.29, 1.82) is 0 Å². The molecule has 0 aromatic carbocycles. The minimum absolute atomic E-state index is 0.00996. The standard InChI is InChI=1S/C64H125NO5/c1-3-5-7-9-11-13-15-17-19-20-27-30-34-38-42-46-50-54-58-64(69)70-59-55-51-47-43-39-35-31-28-25-23-21-22-24-26-29-33-37-41-45-49-53-57-63(68)65-61(60-66)62(67)56-52-48-44-40-36-32-18-16-14-12-10-8-6-4-2/h19-20,61-62,66-67H,3-18,21-60H2,1-2H3,(H,65,68)/b20-19-. The Hall–Kier alpha value is -1.40. The van der Waals surface area contributed by atoms with Gasteiger partial charge in [-0.3, -0.25) is 9.59 Å². The molecule has 0 aliphatic rings. The first kappa shape index (κ1) is 68.6. The lowest BCUT2D eigenvalue weighted by molar-refractivity contribution is -0.143. The molecule has 416 valence electrons. The average molecular weight is 989 g/mol. The summed E-state index contributed by atoms with van der Waals surface area (Å²) in [5.74, 6) is -0.0238. The number of ether oxygens (including phenoxy) is 1. The van der Waals surface area contributed by atoms with Gasteiger partial charge < -0.3 is 20.3 Å². The van der Waals surface area contributed by atoms with Crippen LogP contribution in [0.4, 0.5) is 0 Å². The fraction of sp³-hybridized carbons (Fsp3) is 0.938. The summed E-state index contributed by atoms with van der Waals surface area (Å²) in [6.07, 6.45) is 72.2. The van der Waals surface area contributed by atoms with Crippen molar-refractivity contribution >= 4 is 11.9 Å². The van der Waals surface area contributed by atoms with Crippen LogP contribution in [0.25, 0.3) is 0 Å². The van der Waals surface area contributed by atoms with Crippen LogP contribution >= 0.6 is 0 Å². The Labute approximate surface area is 438 Å². The molecule has 0 fully saturated rings. The van der Waals surface area contributed by atoms with Crippen LogP contribution in [-0.4, -0.2) is 47.4 Å². The minimum Gasteiger partial charge on any atom is -0.466 e.